The number of nitrogens with zero attached hydrogens (tertiary/aromatic N) is 2. The van der Waals surface area contributed by atoms with Gasteiger partial charge < -0.3 is 14.5 Å². The van der Waals surface area contributed by atoms with E-state index in [2.05, 4.69) is 15.5 Å². The first-order valence-corrected chi connectivity index (χ1v) is 11.7. The Balaban J connectivity index is 1.35. The molecule has 2 aromatic carbocycles. The summed E-state index contributed by atoms with van der Waals surface area (Å²) in [6.07, 6.45) is -0.635. The summed E-state index contributed by atoms with van der Waals surface area (Å²) in [5.74, 6) is -0.209. The summed E-state index contributed by atoms with van der Waals surface area (Å²) in [4.78, 5) is 13.7. The topological polar surface area (TPSA) is 77.2 Å². The molecule has 0 aliphatic carbocycles. The Hall–Kier alpha value is -3.17. The van der Waals surface area contributed by atoms with Crippen LogP contribution < -0.4 is 10.1 Å². The number of carbonyl (C=O) groups is 1. The maximum atomic E-state index is 13.8. The summed E-state index contributed by atoms with van der Waals surface area (Å²) in [7, 11) is 0. The van der Waals surface area contributed by atoms with Crippen LogP contribution in [0.2, 0.25) is 0 Å². The summed E-state index contributed by atoms with van der Waals surface area (Å²) >= 11 is 2.72. The molecule has 0 aliphatic heterocycles. The fourth-order valence-corrected chi connectivity index (χ4v) is 4.36. The van der Waals surface area contributed by atoms with E-state index in [4.69, 9.17) is 9.15 Å². The molecule has 4 rings (SSSR count). The number of aromatic nitrogens is 2. The molecule has 32 heavy (non-hydrogen) atoms. The van der Waals surface area contributed by atoms with E-state index in [0.717, 1.165) is 22.2 Å². The fraction of sp³-hybridized carbons (Fsp3) is 0.174. The molecule has 2 unspecified atom stereocenters. The highest BCUT2D eigenvalue weighted by Gasteiger charge is 2.20. The predicted molar refractivity (Wildman–Crippen MR) is 121 cm³/mol. The number of halogens is 1. The van der Waals surface area contributed by atoms with Crippen LogP contribution in [-0.2, 0) is 4.79 Å². The van der Waals surface area contributed by atoms with Crippen molar-refractivity contribution in [3.05, 3.63) is 94.3 Å². The first-order chi connectivity index (χ1) is 15.6. The molecule has 0 saturated heterocycles. The zero-order valence-corrected chi connectivity index (χ0v) is 18.7. The van der Waals surface area contributed by atoms with Gasteiger partial charge in [0.25, 0.3) is 11.1 Å². The first-order valence-electron chi connectivity index (χ1n) is 9.85. The Morgan fingerprint density at radius 1 is 1.12 bits per heavy atom. The minimum absolute atomic E-state index is 0.104. The lowest BCUT2D eigenvalue weighted by atomic mass is 10.1. The van der Waals surface area contributed by atoms with Gasteiger partial charge >= 0.3 is 0 Å². The van der Waals surface area contributed by atoms with Gasteiger partial charge in [-0.15, -0.1) is 21.5 Å². The number of thioether (sulfide) groups is 1. The van der Waals surface area contributed by atoms with Crippen molar-refractivity contribution in [1.82, 2.24) is 15.5 Å². The van der Waals surface area contributed by atoms with Gasteiger partial charge in [-0.1, -0.05) is 60.3 Å². The zero-order chi connectivity index (χ0) is 22.3. The van der Waals surface area contributed by atoms with Gasteiger partial charge in [0.05, 0.1) is 11.8 Å². The predicted octanol–water partition coefficient (Wildman–Crippen LogP) is 5.41. The lowest BCUT2D eigenvalue weighted by Crippen LogP contribution is -2.30. The number of amides is 1. The molecule has 2 atom stereocenters. The highest BCUT2D eigenvalue weighted by Crippen LogP contribution is 2.28. The number of ether oxygens (including phenoxy) is 1. The van der Waals surface area contributed by atoms with E-state index in [0.29, 0.717) is 0 Å². The molecule has 1 amide bonds. The Bertz CT molecular complexity index is 1150. The average molecular weight is 470 g/mol. The first kappa shape index (κ1) is 22.0. The van der Waals surface area contributed by atoms with Gasteiger partial charge in [0, 0.05) is 4.88 Å². The highest BCUT2D eigenvalue weighted by atomic mass is 32.2. The maximum Gasteiger partial charge on any atom is 0.277 e. The summed E-state index contributed by atoms with van der Waals surface area (Å²) in [6, 6.07) is 19.6. The van der Waals surface area contributed by atoms with Crippen LogP contribution in [0.3, 0.4) is 0 Å². The molecule has 0 radical (unpaired) electrons. The lowest BCUT2D eigenvalue weighted by molar-refractivity contribution is -0.119. The lowest BCUT2D eigenvalue weighted by Gasteiger charge is -2.17. The second-order valence-electron chi connectivity index (χ2n) is 6.81. The molecule has 0 aliphatic rings. The molecular formula is C23H20FN3O3S2. The molecule has 164 valence electrons. The SMILES string of the molecule is CC(Oc1ccccc1F)c1nnc(SCC(=O)NC(c2ccccc2)c2cccs2)o1. The largest absolute Gasteiger partial charge is 0.478 e. The van der Waals surface area contributed by atoms with Crippen molar-refractivity contribution >= 4 is 29.0 Å². The molecule has 4 aromatic rings. The van der Waals surface area contributed by atoms with Crippen molar-refractivity contribution in [2.45, 2.75) is 24.3 Å². The normalized spacial score (nSPS) is 12.8. The number of thiophene rings is 1. The summed E-state index contributed by atoms with van der Waals surface area (Å²) in [5.41, 5.74) is 1.01. The second-order valence-corrected chi connectivity index (χ2v) is 8.72. The number of hydrogen-bond donors (Lipinski definition) is 1. The van der Waals surface area contributed by atoms with Gasteiger partial charge in [-0.05, 0) is 36.1 Å². The van der Waals surface area contributed by atoms with Crippen molar-refractivity contribution in [3.63, 3.8) is 0 Å². The molecule has 0 fully saturated rings. The van der Waals surface area contributed by atoms with Gasteiger partial charge in [0.2, 0.25) is 5.91 Å². The molecule has 1 N–H and O–H groups in total. The van der Waals surface area contributed by atoms with Crippen molar-refractivity contribution in [1.29, 1.82) is 0 Å². The van der Waals surface area contributed by atoms with Crippen LogP contribution in [-0.4, -0.2) is 21.9 Å². The van der Waals surface area contributed by atoms with Crippen LogP contribution in [0, 0.1) is 5.82 Å². The van der Waals surface area contributed by atoms with Gasteiger partial charge in [-0.25, -0.2) is 4.39 Å². The Morgan fingerprint density at radius 3 is 2.66 bits per heavy atom. The Kier molecular flexibility index (Phi) is 7.18. The minimum atomic E-state index is -0.635. The highest BCUT2D eigenvalue weighted by molar-refractivity contribution is 7.99. The van der Waals surface area contributed by atoms with E-state index in [9.17, 15) is 9.18 Å². The smallest absolute Gasteiger partial charge is 0.277 e. The van der Waals surface area contributed by atoms with E-state index >= 15 is 0 Å². The van der Waals surface area contributed by atoms with Gasteiger partial charge in [-0.2, -0.15) is 0 Å². The van der Waals surface area contributed by atoms with Gasteiger partial charge in [-0.3, -0.25) is 4.79 Å². The zero-order valence-electron chi connectivity index (χ0n) is 17.1. The third-order valence-corrected chi connectivity index (χ3v) is 6.26. The number of para-hydroxylation sites is 1. The van der Waals surface area contributed by atoms with Crippen LogP contribution in [0.15, 0.2) is 81.8 Å². The molecule has 2 aromatic heterocycles. The van der Waals surface area contributed by atoms with Crippen molar-refractivity contribution < 1.29 is 18.3 Å². The Labute approximate surface area is 192 Å². The summed E-state index contributed by atoms with van der Waals surface area (Å²) < 4.78 is 24.9. The average Bonchev–Trinajstić information content (AvgIpc) is 3.51. The Morgan fingerprint density at radius 2 is 1.91 bits per heavy atom. The molecule has 6 nitrogen and oxygen atoms in total. The second kappa shape index (κ2) is 10.4. The molecule has 0 saturated carbocycles. The number of carbonyl (C=O) groups excluding carboxylic acids is 1. The van der Waals surface area contributed by atoms with Gasteiger partial charge in [0.15, 0.2) is 17.7 Å². The molecule has 2 heterocycles. The fourth-order valence-electron chi connectivity index (χ4n) is 2.97. The van der Waals surface area contributed by atoms with Crippen LogP contribution in [0.5, 0.6) is 5.75 Å². The van der Waals surface area contributed by atoms with Crippen molar-refractivity contribution in [2.24, 2.45) is 0 Å². The van der Waals surface area contributed by atoms with Gasteiger partial charge in [0.1, 0.15) is 0 Å². The van der Waals surface area contributed by atoms with Crippen LogP contribution in [0.4, 0.5) is 4.39 Å². The van der Waals surface area contributed by atoms with E-state index in [-0.39, 0.29) is 34.6 Å². The number of rotatable bonds is 9. The third kappa shape index (κ3) is 5.54. The maximum absolute atomic E-state index is 13.8. The monoisotopic (exact) mass is 469 g/mol. The van der Waals surface area contributed by atoms with E-state index in [1.165, 1.54) is 12.1 Å². The van der Waals surface area contributed by atoms with E-state index in [1.807, 2.05) is 47.8 Å². The summed E-state index contributed by atoms with van der Waals surface area (Å²) in [6.45, 7) is 1.69. The molecule has 0 bridgehead atoms. The van der Waals surface area contributed by atoms with Crippen LogP contribution >= 0.6 is 23.1 Å². The summed E-state index contributed by atoms with van der Waals surface area (Å²) in [5, 5.41) is 13.2. The molecular weight excluding hydrogens is 449 g/mol. The van der Waals surface area contributed by atoms with Crippen LogP contribution in [0.25, 0.3) is 0 Å². The number of nitrogens with one attached hydrogen (secondary N) is 1. The standard InChI is InChI=1S/C23H20FN3O3S2/c1-15(29-18-11-6-5-10-17(18)24)22-26-27-23(30-22)32-14-20(28)25-21(19-12-7-13-31-19)16-8-3-2-4-9-16/h2-13,15,21H,14H2,1H3,(H,25,28). The minimum Gasteiger partial charge on any atom is -0.478 e. The van der Waals surface area contributed by atoms with E-state index < -0.39 is 11.9 Å². The number of benzene rings is 2. The molecule has 0 spiro atoms. The number of hydrogen-bond acceptors (Lipinski definition) is 7. The van der Waals surface area contributed by atoms with E-state index in [1.54, 1.807) is 30.4 Å². The third-order valence-electron chi connectivity index (χ3n) is 4.50. The van der Waals surface area contributed by atoms with Crippen molar-refractivity contribution in [2.75, 3.05) is 5.75 Å². The van der Waals surface area contributed by atoms with Crippen LogP contribution in [0.1, 0.15) is 35.4 Å². The quantitative estimate of drug-likeness (QED) is 0.330. The van der Waals surface area contributed by atoms with Crippen molar-refractivity contribution in [3.8, 4) is 5.75 Å². The molecule has 9 heteroatoms.